The van der Waals surface area contributed by atoms with Gasteiger partial charge in [0, 0.05) is 23.5 Å². The van der Waals surface area contributed by atoms with E-state index in [1.165, 1.54) is 33.5 Å². The lowest BCUT2D eigenvalue weighted by molar-refractivity contribution is -0.137. The van der Waals surface area contributed by atoms with Crippen LogP contribution in [0.1, 0.15) is 5.56 Å². The summed E-state index contributed by atoms with van der Waals surface area (Å²) in [6.07, 6.45) is -4.48. The average molecular weight is 384 g/mol. The molecule has 0 spiro atoms. The van der Waals surface area contributed by atoms with Gasteiger partial charge >= 0.3 is 6.18 Å². The number of rotatable bonds is 7. The predicted molar refractivity (Wildman–Crippen MR) is 94.7 cm³/mol. The number of hydrogen-bond acceptors (Lipinski definition) is 5. The summed E-state index contributed by atoms with van der Waals surface area (Å²) in [5.41, 5.74) is -0.261. The monoisotopic (exact) mass is 384 g/mol. The molecule has 2 N–H and O–H groups in total. The van der Waals surface area contributed by atoms with Crippen molar-refractivity contribution in [3.63, 3.8) is 0 Å². The zero-order valence-electron chi connectivity index (χ0n) is 14.9. The number of anilines is 2. The van der Waals surface area contributed by atoms with Gasteiger partial charge in [0.2, 0.25) is 11.7 Å². The summed E-state index contributed by atoms with van der Waals surface area (Å²) < 4.78 is 53.8. The molecule has 0 aliphatic rings. The van der Waals surface area contributed by atoms with Crippen molar-refractivity contribution < 1.29 is 32.2 Å². The summed E-state index contributed by atoms with van der Waals surface area (Å²) >= 11 is 0. The number of carbonyl (C=O) groups excluding carboxylic acids is 1. The minimum atomic E-state index is -4.48. The highest BCUT2D eigenvalue weighted by atomic mass is 19.4. The molecule has 0 unspecified atom stereocenters. The SMILES string of the molecule is COc1cc(NCC(=O)Nc2cccc(C(F)(F)F)c2)cc(OC)c1OC. The Morgan fingerprint density at radius 3 is 2.11 bits per heavy atom. The van der Waals surface area contributed by atoms with Crippen molar-refractivity contribution in [3.8, 4) is 17.2 Å². The van der Waals surface area contributed by atoms with Crippen molar-refractivity contribution in [2.24, 2.45) is 0 Å². The molecule has 9 heteroatoms. The number of hydrogen-bond donors (Lipinski definition) is 2. The maximum atomic E-state index is 12.7. The van der Waals surface area contributed by atoms with Gasteiger partial charge in [-0.2, -0.15) is 13.2 Å². The number of alkyl halides is 3. The molecule has 27 heavy (non-hydrogen) atoms. The summed E-state index contributed by atoms with van der Waals surface area (Å²) in [6.45, 7) is -0.172. The van der Waals surface area contributed by atoms with Crippen molar-refractivity contribution in [1.82, 2.24) is 0 Å². The quantitative estimate of drug-likeness (QED) is 0.760. The van der Waals surface area contributed by atoms with E-state index < -0.39 is 17.6 Å². The topological polar surface area (TPSA) is 68.8 Å². The van der Waals surface area contributed by atoms with Crippen molar-refractivity contribution in [2.75, 3.05) is 38.5 Å². The molecule has 0 saturated heterocycles. The molecule has 0 fully saturated rings. The van der Waals surface area contributed by atoms with Crippen molar-refractivity contribution in [1.29, 1.82) is 0 Å². The molecule has 0 bridgehead atoms. The maximum absolute atomic E-state index is 12.7. The van der Waals surface area contributed by atoms with Crippen LogP contribution in [0, 0.1) is 0 Å². The predicted octanol–water partition coefficient (Wildman–Crippen LogP) is 3.78. The molecule has 0 radical (unpaired) electrons. The molecule has 2 aromatic rings. The first-order valence-corrected chi connectivity index (χ1v) is 7.79. The van der Waals surface area contributed by atoms with E-state index in [2.05, 4.69) is 10.6 Å². The highest BCUT2D eigenvalue weighted by Crippen LogP contribution is 2.39. The normalized spacial score (nSPS) is 10.9. The van der Waals surface area contributed by atoms with E-state index in [0.29, 0.717) is 22.9 Å². The Morgan fingerprint density at radius 1 is 0.963 bits per heavy atom. The molecule has 2 aromatic carbocycles. The van der Waals surface area contributed by atoms with Crippen LogP contribution < -0.4 is 24.8 Å². The molecule has 0 aromatic heterocycles. The number of carbonyl (C=O) groups is 1. The number of nitrogens with one attached hydrogen (secondary N) is 2. The minimum Gasteiger partial charge on any atom is -0.493 e. The second-order valence-corrected chi connectivity index (χ2v) is 5.39. The fraction of sp³-hybridized carbons (Fsp3) is 0.278. The molecule has 0 atom stereocenters. The lowest BCUT2D eigenvalue weighted by atomic mass is 10.2. The van der Waals surface area contributed by atoms with Gasteiger partial charge < -0.3 is 24.8 Å². The smallest absolute Gasteiger partial charge is 0.416 e. The second kappa shape index (κ2) is 8.52. The van der Waals surface area contributed by atoms with Gasteiger partial charge in [0.25, 0.3) is 0 Å². The highest BCUT2D eigenvalue weighted by molar-refractivity contribution is 5.93. The van der Waals surface area contributed by atoms with E-state index in [0.717, 1.165) is 12.1 Å². The molecule has 0 aliphatic carbocycles. The third-order valence-corrected chi connectivity index (χ3v) is 3.59. The summed E-state index contributed by atoms with van der Waals surface area (Å²) in [7, 11) is 4.39. The Bertz CT molecular complexity index is 784. The van der Waals surface area contributed by atoms with Crippen LogP contribution in [0.5, 0.6) is 17.2 Å². The number of ether oxygens (including phenoxy) is 3. The fourth-order valence-electron chi connectivity index (χ4n) is 2.34. The van der Waals surface area contributed by atoms with E-state index in [1.807, 2.05) is 0 Å². The fourth-order valence-corrected chi connectivity index (χ4v) is 2.34. The molecular formula is C18H19F3N2O4. The van der Waals surface area contributed by atoms with E-state index in [4.69, 9.17) is 14.2 Å². The van der Waals surface area contributed by atoms with E-state index in [-0.39, 0.29) is 12.2 Å². The lowest BCUT2D eigenvalue weighted by Gasteiger charge is -2.15. The summed E-state index contributed by atoms with van der Waals surface area (Å²) in [5, 5.41) is 5.28. The standard InChI is InChI=1S/C18H19F3N2O4/c1-25-14-8-13(9-15(26-2)17(14)27-3)22-10-16(24)23-12-6-4-5-11(7-12)18(19,20)21/h4-9,22H,10H2,1-3H3,(H,23,24). The first-order valence-electron chi connectivity index (χ1n) is 7.79. The Hall–Kier alpha value is -3.10. The van der Waals surface area contributed by atoms with Gasteiger partial charge in [-0.25, -0.2) is 0 Å². The van der Waals surface area contributed by atoms with Gasteiger partial charge in [-0.3, -0.25) is 4.79 Å². The summed E-state index contributed by atoms with van der Waals surface area (Å²) in [5.74, 6) is 0.692. The molecule has 0 heterocycles. The van der Waals surface area contributed by atoms with Crippen LogP contribution in [0.2, 0.25) is 0 Å². The third-order valence-electron chi connectivity index (χ3n) is 3.59. The van der Waals surface area contributed by atoms with E-state index in [1.54, 1.807) is 12.1 Å². The molecular weight excluding hydrogens is 365 g/mol. The third kappa shape index (κ3) is 5.19. The highest BCUT2D eigenvalue weighted by Gasteiger charge is 2.30. The van der Waals surface area contributed by atoms with Crippen LogP contribution in [-0.2, 0) is 11.0 Å². The Labute approximate surface area is 154 Å². The van der Waals surface area contributed by atoms with Crippen LogP contribution in [0.25, 0.3) is 0 Å². The van der Waals surface area contributed by atoms with Crippen molar-refractivity contribution in [2.45, 2.75) is 6.18 Å². The molecule has 1 amide bonds. The van der Waals surface area contributed by atoms with Gasteiger partial charge in [-0.15, -0.1) is 0 Å². The van der Waals surface area contributed by atoms with Crippen LogP contribution in [0.3, 0.4) is 0 Å². The maximum Gasteiger partial charge on any atom is 0.416 e. The van der Waals surface area contributed by atoms with Crippen molar-refractivity contribution >= 4 is 17.3 Å². The summed E-state index contributed by atoms with van der Waals surface area (Å²) in [4.78, 5) is 12.0. The largest absolute Gasteiger partial charge is 0.493 e. The van der Waals surface area contributed by atoms with Gasteiger partial charge in [-0.1, -0.05) is 6.07 Å². The molecule has 146 valence electrons. The minimum absolute atomic E-state index is 0.0570. The van der Waals surface area contributed by atoms with Gasteiger partial charge in [0.15, 0.2) is 11.5 Å². The number of amides is 1. The van der Waals surface area contributed by atoms with Crippen molar-refractivity contribution in [3.05, 3.63) is 42.0 Å². The lowest BCUT2D eigenvalue weighted by Crippen LogP contribution is -2.22. The van der Waals surface area contributed by atoms with E-state index in [9.17, 15) is 18.0 Å². The van der Waals surface area contributed by atoms with Gasteiger partial charge in [-0.05, 0) is 18.2 Å². The second-order valence-electron chi connectivity index (χ2n) is 5.39. The zero-order chi connectivity index (χ0) is 20.0. The first-order chi connectivity index (χ1) is 12.8. The Balaban J connectivity index is 2.06. The van der Waals surface area contributed by atoms with Gasteiger partial charge in [0.05, 0.1) is 33.4 Å². The van der Waals surface area contributed by atoms with Crippen LogP contribution in [0.4, 0.5) is 24.5 Å². The van der Waals surface area contributed by atoms with E-state index >= 15 is 0 Å². The first kappa shape index (κ1) is 20.2. The van der Waals surface area contributed by atoms with Crippen LogP contribution in [0.15, 0.2) is 36.4 Å². The number of benzene rings is 2. The van der Waals surface area contributed by atoms with Gasteiger partial charge in [0.1, 0.15) is 0 Å². The zero-order valence-corrected chi connectivity index (χ0v) is 14.9. The number of methoxy groups -OCH3 is 3. The molecule has 0 aliphatic heterocycles. The molecule has 6 nitrogen and oxygen atoms in total. The Kier molecular flexibility index (Phi) is 6.38. The molecule has 0 saturated carbocycles. The Morgan fingerprint density at radius 2 is 1.59 bits per heavy atom. The molecule has 2 rings (SSSR count). The number of halogens is 3. The van der Waals surface area contributed by atoms with Crippen LogP contribution >= 0.6 is 0 Å². The average Bonchev–Trinajstić information content (AvgIpc) is 2.64. The van der Waals surface area contributed by atoms with Crippen LogP contribution in [-0.4, -0.2) is 33.8 Å². The summed E-state index contributed by atoms with van der Waals surface area (Å²) in [6, 6.07) is 7.64.